The first kappa shape index (κ1) is 17.1. The van der Waals surface area contributed by atoms with Gasteiger partial charge in [-0.15, -0.1) is 0 Å². The minimum Gasteiger partial charge on any atom is -0.355 e. The van der Waals surface area contributed by atoms with Crippen molar-refractivity contribution in [2.45, 2.75) is 19.3 Å². The van der Waals surface area contributed by atoms with E-state index >= 15 is 0 Å². The summed E-state index contributed by atoms with van der Waals surface area (Å²) in [4.78, 5) is 24.7. The van der Waals surface area contributed by atoms with Gasteiger partial charge in [0, 0.05) is 12.2 Å². The molecule has 1 saturated carbocycles. The summed E-state index contributed by atoms with van der Waals surface area (Å²) in [7, 11) is 0. The number of anilines is 1. The van der Waals surface area contributed by atoms with Crippen LogP contribution < -0.4 is 10.6 Å². The minimum absolute atomic E-state index is 0.255. The summed E-state index contributed by atoms with van der Waals surface area (Å²) in [6.45, 7) is 0.255. The van der Waals surface area contributed by atoms with E-state index in [0.29, 0.717) is 30.5 Å². The van der Waals surface area contributed by atoms with Crippen LogP contribution >= 0.6 is 0 Å². The Morgan fingerprint density at radius 2 is 1.64 bits per heavy atom. The number of rotatable bonds is 6. The molecule has 2 aromatic rings. The molecule has 130 valence electrons. The lowest BCUT2D eigenvalue weighted by molar-refractivity contribution is -0.134. The van der Waals surface area contributed by atoms with Crippen molar-refractivity contribution < 1.29 is 18.4 Å². The van der Waals surface area contributed by atoms with Gasteiger partial charge in [-0.2, -0.15) is 0 Å². The maximum absolute atomic E-state index is 13.6. The molecule has 0 aromatic heterocycles. The molecule has 2 aromatic carbocycles. The van der Waals surface area contributed by atoms with Crippen LogP contribution in [0.4, 0.5) is 14.5 Å². The highest BCUT2D eigenvalue weighted by atomic mass is 19.1. The van der Waals surface area contributed by atoms with Crippen LogP contribution in [0.5, 0.6) is 0 Å². The fraction of sp³-hybridized carbons (Fsp3) is 0.263. The van der Waals surface area contributed by atoms with Gasteiger partial charge in [0.15, 0.2) is 0 Å². The fourth-order valence-corrected chi connectivity index (χ4v) is 2.65. The molecule has 0 heterocycles. The first-order valence-corrected chi connectivity index (χ1v) is 8.10. The van der Waals surface area contributed by atoms with E-state index < -0.39 is 17.1 Å². The second-order valence-corrected chi connectivity index (χ2v) is 6.14. The topological polar surface area (TPSA) is 58.2 Å². The number of nitrogens with one attached hydrogen (secondary N) is 2. The lowest BCUT2D eigenvalue weighted by Crippen LogP contribution is -2.40. The lowest BCUT2D eigenvalue weighted by Gasteiger charge is -2.15. The highest BCUT2D eigenvalue weighted by Crippen LogP contribution is 2.46. The molecule has 25 heavy (non-hydrogen) atoms. The summed E-state index contributed by atoms with van der Waals surface area (Å²) in [5.41, 5.74) is -0.121. The van der Waals surface area contributed by atoms with Crippen molar-refractivity contribution in [3.63, 3.8) is 0 Å². The molecule has 0 bridgehead atoms. The third kappa shape index (κ3) is 3.84. The zero-order valence-electron chi connectivity index (χ0n) is 13.5. The molecule has 0 aliphatic heterocycles. The van der Waals surface area contributed by atoms with Gasteiger partial charge >= 0.3 is 0 Å². The molecule has 2 amide bonds. The zero-order valence-corrected chi connectivity index (χ0v) is 13.5. The van der Waals surface area contributed by atoms with Crippen LogP contribution in [0.25, 0.3) is 0 Å². The molecule has 0 unspecified atom stereocenters. The molecule has 4 nitrogen and oxygen atoms in total. The Labute approximate surface area is 144 Å². The number of carbonyl (C=O) groups is 2. The summed E-state index contributed by atoms with van der Waals surface area (Å²) in [6.07, 6.45) is 1.28. The van der Waals surface area contributed by atoms with Gasteiger partial charge in [0.1, 0.15) is 17.0 Å². The van der Waals surface area contributed by atoms with E-state index in [4.69, 9.17) is 0 Å². The van der Waals surface area contributed by atoms with Crippen molar-refractivity contribution in [1.29, 1.82) is 0 Å². The van der Waals surface area contributed by atoms with E-state index in [2.05, 4.69) is 10.6 Å². The van der Waals surface area contributed by atoms with Gasteiger partial charge in [0.05, 0.1) is 0 Å². The van der Waals surface area contributed by atoms with E-state index in [1.54, 1.807) is 18.2 Å². The number of halogens is 2. The van der Waals surface area contributed by atoms with Gasteiger partial charge in [-0.3, -0.25) is 9.59 Å². The van der Waals surface area contributed by atoms with Crippen molar-refractivity contribution >= 4 is 17.5 Å². The van der Waals surface area contributed by atoms with Gasteiger partial charge in [0.2, 0.25) is 11.8 Å². The van der Waals surface area contributed by atoms with E-state index in [1.165, 1.54) is 30.3 Å². The van der Waals surface area contributed by atoms with Crippen LogP contribution in [0.15, 0.2) is 48.5 Å². The first-order valence-electron chi connectivity index (χ1n) is 8.10. The van der Waals surface area contributed by atoms with E-state index in [-0.39, 0.29) is 18.3 Å². The Morgan fingerprint density at radius 1 is 0.960 bits per heavy atom. The maximum atomic E-state index is 13.6. The second-order valence-electron chi connectivity index (χ2n) is 6.14. The quantitative estimate of drug-likeness (QED) is 0.792. The molecular formula is C19H18F2N2O2. The maximum Gasteiger partial charge on any atom is 0.240 e. The number of hydrogen-bond donors (Lipinski definition) is 2. The minimum atomic E-state index is -1.08. The molecule has 2 N–H and O–H groups in total. The third-order valence-corrected chi connectivity index (χ3v) is 4.36. The van der Waals surface area contributed by atoms with Crippen LogP contribution in [0.3, 0.4) is 0 Å². The molecule has 0 saturated heterocycles. The van der Waals surface area contributed by atoms with Gasteiger partial charge in [-0.25, -0.2) is 8.78 Å². The molecule has 1 aliphatic carbocycles. The largest absolute Gasteiger partial charge is 0.355 e. The summed E-state index contributed by atoms with van der Waals surface area (Å²) < 4.78 is 26.5. The summed E-state index contributed by atoms with van der Waals surface area (Å²) in [5, 5.41) is 5.35. The molecule has 6 heteroatoms. The van der Waals surface area contributed by atoms with Crippen molar-refractivity contribution in [2.24, 2.45) is 5.41 Å². The molecule has 1 aliphatic rings. The van der Waals surface area contributed by atoms with Gasteiger partial charge in [0.25, 0.3) is 0 Å². The fourth-order valence-electron chi connectivity index (χ4n) is 2.65. The number of carbonyl (C=O) groups excluding carboxylic acids is 2. The molecular weight excluding hydrogens is 326 g/mol. The summed E-state index contributed by atoms with van der Waals surface area (Å²) in [5.74, 6) is -1.47. The van der Waals surface area contributed by atoms with Crippen molar-refractivity contribution in [3.8, 4) is 0 Å². The highest BCUT2D eigenvalue weighted by Gasteiger charge is 2.56. The van der Waals surface area contributed by atoms with E-state index in [0.717, 1.165) is 0 Å². The molecule has 3 rings (SSSR count). The monoisotopic (exact) mass is 344 g/mol. The first-order chi connectivity index (χ1) is 12.0. The molecule has 0 atom stereocenters. The van der Waals surface area contributed by atoms with Crippen LogP contribution in [-0.2, 0) is 16.0 Å². The van der Waals surface area contributed by atoms with Gasteiger partial charge in [-0.05, 0) is 55.2 Å². The number of hydrogen-bond acceptors (Lipinski definition) is 2. The third-order valence-electron chi connectivity index (χ3n) is 4.36. The molecule has 0 radical (unpaired) electrons. The Bertz CT molecular complexity index is 786. The smallest absolute Gasteiger partial charge is 0.240 e. The average molecular weight is 344 g/mol. The van der Waals surface area contributed by atoms with Crippen LogP contribution in [0.1, 0.15) is 18.4 Å². The molecule has 0 spiro atoms. The Morgan fingerprint density at radius 3 is 2.28 bits per heavy atom. The Hall–Kier alpha value is -2.76. The van der Waals surface area contributed by atoms with E-state index in [1.807, 2.05) is 0 Å². The van der Waals surface area contributed by atoms with Crippen LogP contribution in [-0.4, -0.2) is 18.4 Å². The normalized spacial score (nSPS) is 14.6. The number of amides is 2. The number of benzene rings is 2. The van der Waals surface area contributed by atoms with E-state index in [9.17, 15) is 18.4 Å². The SMILES string of the molecule is O=C(NCCc1ccccc1F)C1(C(=O)Nc2ccc(F)cc2)CC1. The van der Waals surface area contributed by atoms with Crippen molar-refractivity contribution in [1.82, 2.24) is 5.32 Å². The van der Waals surface area contributed by atoms with Crippen LogP contribution in [0.2, 0.25) is 0 Å². The molecule has 1 fully saturated rings. The second kappa shape index (κ2) is 7.01. The zero-order chi connectivity index (χ0) is 17.9. The Kier molecular flexibility index (Phi) is 4.79. The predicted molar refractivity (Wildman–Crippen MR) is 89.8 cm³/mol. The van der Waals surface area contributed by atoms with Gasteiger partial charge in [-0.1, -0.05) is 18.2 Å². The Balaban J connectivity index is 1.55. The summed E-state index contributed by atoms with van der Waals surface area (Å²) >= 11 is 0. The van der Waals surface area contributed by atoms with Gasteiger partial charge < -0.3 is 10.6 Å². The highest BCUT2D eigenvalue weighted by molar-refractivity contribution is 6.13. The predicted octanol–water partition coefficient (Wildman–Crippen LogP) is 3.04. The average Bonchev–Trinajstić information content (AvgIpc) is 3.40. The van der Waals surface area contributed by atoms with Crippen molar-refractivity contribution in [3.05, 3.63) is 65.7 Å². The van der Waals surface area contributed by atoms with Crippen molar-refractivity contribution in [2.75, 3.05) is 11.9 Å². The standard InChI is InChI=1S/C19H18F2N2O2/c20-14-5-7-15(8-6-14)23-18(25)19(10-11-19)17(24)22-12-9-13-3-1-2-4-16(13)21/h1-8H,9-12H2,(H,22,24)(H,23,25). The lowest BCUT2D eigenvalue weighted by atomic mass is 10.0. The van der Waals surface area contributed by atoms with Crippen LogP contribution in [0, 0.1) is 17.0 Å². The summed E-state index contributed by atoms with van der Waals surface area (Å²) in [6, 6.07) is 11.7.